The molecule has 1 aliphatic heterocycles. The zero-order valence-electron chi connectivity index (χ0n) is 13.7. The molecular formula is C20H23N3O. The summed E-state index contributed by atoms with van der Waals surface area (Å²) in [6.45, 7) is 0. The van der Waals surface area contributed by atoms with Crippen LogP contribution < -0.4 is 16.2 Å². The molecule has 4 nitrogen and oxygen atoms in total. The Morgan fingerprint density at radius 2 is 1.62 bits per heavy atom. The molecule has 0 bridgehead atoms. The molecule has 124 valence electrons. The van der Waals surface area contributed by atoms with Gasteiger partial charge < -0.3 is 5.32 Å². The van der Waals surface area contributed by atoms with Gasteiger partial charge in [-0.25, -0.2) is 10.9 Å². The summed E-state index contributed by atoms with van der Waals surface area (Å²) in [4.78, 5) is 12.8. The van der Waals surface area contributed by atoms with E-state index in [1.54, 1.807) is 0 Å². The second-order valence-electron chi connectivity index (χ2n) is 6.83. The van der Waals surface area contributed by atoms with E-state index >= 15 is 0 Å². The second-order valence-corrected chi connectivity index (χ2v) is 6.83. The Morgan fingerprint density at radius 3 is 2.25 bits per heavy atom. The Kier molecular flexibility index (Phi) is 4.08. The first-order valence-corrected chi connectivity index (χ1v) is 8.70. The summed E-state index contributed by atoms with van der Waals surface area (Å²) in [6.07, 6.45) is 3.97. The van der Waals surface area contributed by atoms with E-state index in [9.17, 15) is 4.79 Å². The lowest BCUT2D eigenvalue weighted by molar-refractivity contribution is -0.126. The molecule has 4 rings (SSSR count). The smallest absolute Gasteiger partial charge is 0.239 e. The molecule has 1 amide bonds. The predicted molar refractivity (Wildman–Crippen MR) is 94.0 cm³/mol. The van der Waals surface area contributed by atoms with Crippen molar-refractivity contribution < 1.29 is 4.79 Å². The Morgan fingerprint density at radius 1 is 0.958 bits per heavy atom. The van der Waals surface area contributed by atoms with Crippen LogP contribution in [-0.2, 0) is 10.3 Å². The lowest BCUT2D eigenvalue weighted by Crippen LogP contribution is -2.55. The highest BCUT2D eigenvalue weighted by atomic mass is 16.2. The topological polar surface area (TPSA) is 53.2 Å². The van der Waals surface area contributed by atoms with Gasteiger partial charge in [0.05, 0.1) is 5.54 Å². The van der Waals surface area contributed by atoms with Gasteiger partial charge in [0.25, 0.3) is 0 Å². The van der Waals surface area contributed by atoms with Crippen molar-refractivity contribution in [1.29, 1.82) is 0 Å². The van der Waals surface area contributed by atoms with Gasteiger partial charge in [-0.15, -0.1) is 0 Å². The van der Waals surface area contributed by atoms with E-state index in [1.807, 2.05) is 36.4 Å². The minimum atomic E-state index is -0.198. The third-order valence-corrected chi connectivity index (χ3v) is 5.32. The van der Waals surface area contributed by atoms with Crippen LogP contribution in [0.3, 0.4) is 0 Å². The van der Waals surface area contributed by atoms with Crippen molar-refractivity contribution in [3.05, 3.63) is 71.8 Å². The summed E-state index contributed by atoms with van der Waals surface area (Å²) in [6, 6.07) is 20.6. The predicted octanol–water partition coefficient (Wildman–Crippen LogP) is 2.79. The Balaban J connectivity index is 1.43. The largest absolute Gasteiger partial charge is 0.345 e. The van der Waals surface area contributed by atoms with Gasteiger partial charge in [0.15, 0.2) is 0 Å². The van der Waals surface area contributed by atoms with Crippen LogP contribution in [0, 0.1) is 0 Å². The molecule has 24 heavy (non-hydrogen) atoms. The van der Waals surface area contributed by atoms with Gasteiger partial charge in [-0.1, -0.05) is 60.7 Å². The first-order valence-electron chi connectivity index (χ1n) is 8.70. The molecule has 2 aromatic rings. The average Bonchev–Trinajstić information content (AvgIpc) is 3.10. The van der Waals surface area contributed by atoms with E-state index in [2.05, 4.69) is 40.4 Å². The van der Waals surface area contributed by atoms with E-state index in [1.165, 1.54) is 11.1 Å². The van der Waals surface area contributed by atoms with Gasteiger partial charge in [0, 0.05) is 6.04 Å². The number of carbonyl (C=O) groups is 1. The van der Waals surface area contributed by atoms with Crippen molar-refractivity contribution in [2.75, 3.05) is 0 Å². The van der Waals surface area contributed by atoms with Crippen molar-refractivity contribution >= 4 is 5.91 Å². The van der Waals surface area contributed by atoms with Crippen LogP contribution >= 0.6 is 0 Å². The number of carbonyl (C=O) groups excluding carboxylic acids is 1. The number of nitrogens with one attached hydrogen (secondary N) is 3. The third-order valence-electron chi connectivity index (χ3n) is 5.32. The molecule has 1 heterocycles. The Hall–Kier alpha value is -2.17. The van der Waals surface area contributed by atoms with Crippen molar-refractivity contribution in [2.45, 2.75) is 43.3 Å². The molecule has 2 aromatic carbocycles. The summed E-state index contributed by atoms with van der Waals surface area (Å²) in [7, 11) is 0. The molecule has 2 unspecified atom stereocenters. The zero-order valence-corrected chi connectivity index (χ0v) is 13.7. The van der Waals surface area contributed by atoms with Crippen molar-refractivity contribution in [3.63, 3.8) is 0 Å². The van der Waals surface area contributed by atoms with Crippen LogP contribution in [0.25, 0.3) is 0 Å². The summed E-state index contributed by atoms with van der Waals surface area (Å²) < 4.78 is 0. The van der Waals surface area contributed by atoms with Crippen LogP contribution in [0.2, 0.25) is 0 Å². The first kappa shape index (κ1) is 15.4. The van der Waals surface area contributed by atoms with Crippen LogP contribution in [0.5, 0.6) is 0 Å². The number of benzene rings is 2. The van der Waals surface area contributed by atoms with Gasteiger partial charge in [-0.2, -0.15) is 0 Å². The number of rotatable bonds is 4. The molecule has 2 fully saturated rings. The lowest BCUT2D eigenvalue weighted by atomic mass is 9.71. The molecular weight excluding hydrogens is 298 g/mol. The third kappa shape index (κ3) is 2.83. The molecule has 4 heteroatoms. The van der Waals surface area contributed by atoms with Crippen LogP contribution in [-0.4, -0.2) is 11.9 Å². The van der Waals surface area contributed by atoms with Crippen LogP contribution in [0.4, 0.5) is 0 Å². The van der Waals surface area contributed by atoms with Gasteiger partial charge in [-0.3, -0.25) is 4.79 Å². The van der Waals surface area contributed by atoms with Crippen molar-refractivity contribution in [2.24, 2.45) is 0 Å². The normalized spacial score (nSPS) is 25.0. The molecule has 2 atom stereocenters. The van der Waals surface area contributed by atoms with Gasteiger partial charge >= 0.3 is 0 Å². The van der Waals surface area contributed by atoms with E-state index in [4.69, 9.17) is 0 Å². The molecule has 1 saturated heterocycles. The van der Waals surface area contributed by atoms with Crippen molar-refractivity contribution in [1.82, 2.24) is 16.2 Å². The standard InChI is InChI=1S/C20H23N3O/c24-19(18-14-17(22-23-18)15-8-3-1-4-9-15)21-20(12-7-13-20)16-10-5-2-6-11-16/h1-6,8-11,17-18,22-23H,7,12-14H2,(H,21,24). The monoisotopic (exact) mass is 321 g/mol. The highest BCUT2D eigenvalue weighted by molar-refractivity contribution is 5.83. The number of hydrogen-bond acceptors (Lipinski definition) is 3. The first-order chi connectivity index (χ1) is 11.8. The molecule has 1 aliphatic carbocycles. The minimum Gasteiger partial charge on any atom is -0.345 e. The fourth-order valence-electron chi connectivity index (χ4n) is 3.73. The maximum atomic E-state index is 12.8. The highest BCUT2D eigenvalue weighted by Gasteiger charge is 2.42. The molecule has 3 N–H and O–H groups in total. The minimum absolute atomic E-state index is 0.0875. The van der Waals surface area contributed by atoms with E-state index in [0.29, 0.717) is 0 Å². The molecule has 0 spiro atoms. The van der Waals surface area contributed by atoms with Gasteiger partial charge in [0.2, 0.25) is 5.91 Å². The second kappa shape index (κ2) is 6.38. The molecule has 0 aromatic heterocycles. The van der Waals surface area contributed by atoms with Crippen LogP contribution in [0.15, 0.2) is 60.7 Å². The maximum absolute atomic E-state index is 12.8. The van der Waals surface area contributed by atoms with Gasteiger partial charge in [-0.05, 0) is 36.8 Å². The molecule has 2 aliphatic rings. The van der Waals surface area contributed by atoms with Crippen LogP contribution in [0.1, 0.15) is 42.9 Å². The molecule has 1 saturated carbocycles. The zero-order chi connectivity index (χ0) is 16.4. The fourth-order valence-corrected chi connectivity index (χ4v) is 3.73. The quantitative estimate of drug-likeness (QED) is 0.812. The fraction of sp³-hybridized carbons (Fsp3) is 0.350. The van der Waals surface area contributed by atoms with E-state index in [-0.39, 0.29) is 23.5 Å². The van der Waals surface area contributed by atoms with E-state index in [0.717, 1.165) is 25.7 Å². The van der Waals surface area contributed by atoms with Gasteiger partial charge in [0.1, 0.15) is 6.04 Å². The Labute approximate surface area is 142 Å². The molecule has 0 radical (unpaired) electrons. The number of amides is 1. The summed E-state index contributed by atoms with van der Waals surface area (Å²) in [5.74, 6) is 0.0875. The SMILES string of the molecule is O=C(NC1(c2ccccc2)CCC1)C1CC(c2ccccc2)NN1. The highest BCUT2D eigenvalue weighted by Crippen LogP contribution is 2.41. The lowest BCUT2D eigenvalue weighted by Gasteiger charge is -2.43. The number of hydrogen-bond donors (Lipinski definition) is 3. The summed E-state index contributed by atoms with van der Waals surface area (Å²) >= 11 is 0. The summed E-state index contributed by atoms with van der Waals surface area (Å²) in [5.41, 5.74) is 8.67. The number of hydrazine groups is 1. The van der Waals surface area contributed by atoms with Crippen molar-refractivity contribution in [3.8, 4) is 0 Å². The average molecular weight is 321 g/mol. The van der Waals surface area contributed by atoms with E-state index < -0.39 is 0 Å². The summed E-state index contributed by atoms with van der Waals surface area (Å²) in [5, 5.41) is 3.32. The maximum Gasteiger partial charge on any atom is 0.239 e. The Bertz CT molecular complexity index is 697.